The van der Waals surface area contributed by atoms with Crippen LogP contribution < -0.4 is 11.1 Å². The van der Waals surface area contributed by atoms with Crippen LogP contribution in [0.2, 0.25) is 0 Å². The zero-order valence-corrected chi connectivity index (χ0v) is 21.1. The average molecular weight is 508 g/mol. The Morgan fingerprint density at radius 3 is 2.37 bits per heavy atom. The Hall–Kier alpha value is -2.52. The van der Waals surface area contributed by atoms with Crippen LogP contribution >= 0.6 is 0 Å². The van der Waals surface area contributed by atoms with Gasteiger partial charge < -0.3 is 11.1 Å². The van der Waals surface area contributed by atoms with Gasteiger partial charge in [-0.3, -0.25) is 4.79 Å². The lowest BCUT2D eigenvalue weighted by atomic mass is 10.0. The van der Waals surface area contributed by atoms with Crippen LogP contribution in [-0.4, -0.2) is 43.7 Å². The molecule has 35 heavy (non-hydrogen) atoms. The predicted molar refractivity (Wildman–Crippen MR) is 133 cm³/mol. The predicted octanol–water partition coefficient (Wildman–Crippen LogP) is 4.47. The van der Waals surface area contributed by atoms with E-state index in [1.165, 1.54) is 16.4 Å². The molecular weight excluding hydrogens is 472 g/mol. The maximum absolute atomic E-state index is 13.7. The van der Waals surface area contributed by atoms with E-state index in [1.807, 2.05) is 44.2 Å². The van der Waals surface area contributed by atoms with Crippen LogP contribution in [0.4, 0.5) is 14.5 Å². The molecule has 0 aromatic heterocycles. The van der Waals surface area contributed by atoms with Gasteiger partial charge in [-0.1, -0.05) is 44.2 Å². The summed E-state index contributed by atoms with van der Waals surface area (Å²) in [6.07, 6.45) is 0.262. The first-order chi connectivity index (χ1) is 16.5. The highest BCUT2D eigenvalue weighted by atomic mass is 32.2. The highest BCUT2D eigenvalue weighted by Crippen LogP contribution is 2.39. The minimum Gasteiger partial charge on any atom is -0.399 e. The molecule has 9 heteroatoms. The van der Waals surface area contributed by atoms with Gasteiger partial charge in [-0.2, -0.15) is 4.31 Å². The van der Waals surface area contributed by atoms with Gasteiger partial charge in [0.2, 0.25) is 21.9 Å². The molecule has 0 bridgehead atoms. The quantitative estimate of drug-likeness (QED) is 0.439. The number of alkyl halides is 2. The third kappa shape index (κ3) is 7.73. The summed E-state index contributed by atoms with van der Waals surface area (Å²) in [7, 11) is -3.78. The van der Waals surface area contributed by atoms with Gasteiger partial charge in [0.1, 0.15) is 0 Å². The van der Waals surface area contributed by atoms with E-state index in [0.717, 1.165) is 5.56 Å². The van der Waals surface area contributed by atoms with Gasteiger partial charge in [0.15, 0.2) is 0 Å². The second-order valence-corrected chi connectivity index (χ2v) is 11.7. The van der Waals surface area contributed by atoms with E-state index in [0.29, 0.717) is 25.1 Å². The zero-order valence-electron chi connectivity index (χ0n) is 20.3. The summed E-state index contributed by atoms with van der Waals surface area (Å²) in [5.74, 6) is -3.84. The van der Waals surface area contributed by atoms with Crippen molar-refractivity contribution < 1.29 is 22.0 Å². The molecule has 0 spiro atoms. The van der Waals surface area contributed by atoms with E-state index in [4.69, 9.17) is 5.73 Å². The number of carbonyl (C=O) groups is 1. The Morgan fingerprint density at radius 1 is 1.14 bits per heavy atom. The Bertz CT molecular complexity index is 1080. The van der Waals surface area contributed by atoms with E-state index >= 15 is 0 Å². The first-order valence-corrected chi connectivity index (χ1v) is 13.5. The molecule has 2 aromatic rings. The number of amides is 1. The van der Waals surface area contributed by atoms with Crippen molar-refractivity contribution in [3.63, 3.8) is 0 Å². The van der Waals surface area contributed by atoms with Crippen molar-refractivity contribution in [3.8, 4) is 0 Å². The van der Waals surface area contributed by atoms with Crippen molar-refractivity contribution in [3.05, 3.63) is 60.2 Å². The number of anilines is 1. The van der Waals surface area contributed by atoms with Crippen molar-refractivity contribution in [1.82, 2.24) is 9.62 Å². The normalized spacial score (nSPS) is 18.6. The number of halogens is 2. The number of rotatable bonds is 11. The van der Waals surface area contributed by atoms with E-state index < -0.39 is 34.3 Å². The Morgan fingerprint density at radius 2 is 1.80 bits per heavy atom. The Kier molecular flexibility index (Phi) is 8.88. The lowest BCUT2D eigenvalue weighted by Gasteiger charge is -2.27. The maximum Gasteiger partial charge on any atom is 0.248 e. The molecule has 2 unspecified atom stereocenters. The molecule has 0 radical (unpaired) electrons. The van der Waals surface area contributed by atoms with Crippen LogP contribution in [0.1, 0.15) is 45.1 Å². The molecule has 1 aliphatic rings. The molecule has 0 saturated heterocycles. The molecule has 1 saturated carbocycles. The fraction of sp³-hybridized carbons (Fsp3) is 0.500. The van der Waals surface area contributed by atoms with E-state index in [2.05, 4.69) is 5.32 Å². The molecule has 192 valence electrons. The molecule has 0 aliphatic heterocycles. The van der Waals surface area contributed by atoms with Crippen molar-refractivity contribution >= 4 is 21.6 Å². The van der Waals surface area contributed by atoms with Crippen LogP contribution in [0.25, 0.3) is 0 Å². The van der Waals surface area contributed by atoms with Crippen LogP contribution in [0.3, 0.4) is 0 Å². The average Bonchev–Trinajstić information content (AvgIpc) is 3.17. The monoisotopic (exact) mass is 507 g/mol. The number of hydrogen-bond donors (Lipinski definition) is 2. The fourth-order valence-corrected chi connectivity index (χ4v) is 6.04. The first kappa shape index (κ1) is 27.1. The molecule has 6 nitrogen and oxygen atoms in total. The SMILES string of the molecule is CC(C)CN(CCC(Cc1ccccc1)NC(=O)C1CCC(F)(F)C1)S(=O)(=O)c1ccc(N)cc1. The number of nitrogens with zero attached hydrogens (tertiary/aromatic N) is 1. The number of nitrogens with two attached hydrogens (primary N) is 1. The number of carbonyl (C=O) groups excluding carboxylic acids is 1. The minimum absolute atomic E-state index is 0.0847. The third-order valence-electron chi connectivity index (χ3n) is 6.26. The molecule has 1 amide bonds. The van der Waals surface area contributed by atoms with E-state index in [-0.39, 0.29) is 36.1 Å². The summed E-state index contributed by atoms with van der Waals surface area (Å²) in [5, 5.41) is 2.94. The third-order valence-corrected chi connectivity index (χ3v) is 8.14. The molecule has 3 rings (SSSR count). The van der Waals surface area contributed by atoms with E-state index in [1.54, 1.807) is 12.1 Å². The van der Waals surface area contributed by atoms with Crippen LogP contribution in [0.5, 0.6) is 0 Å². The summed E-state index contributed by atoms with van der Waals surface area (Å²) in [4.78, 5) is 13.0. The lowest BCUT2D eigenvalue weighted by Crippen LogP contribution is -2.43. The maximum atomic E-state index is 13.7. The van der Waals surface area contributed by atoms with Gasteiger partial charge in [0.25, 0.3) is 0 Å². The number of nitrogen functional groups attached to an aromatic ring is 1. The molecular formula is C26H35F2N3O3S. The van der Waals surface area contributed by atoms with Crippen LogP contribution in [-0.2, 0) is 21.2 Å². The van der Waals surface area contributed by atoms with Crippen LogP contribution in [0, 0.1) is 11.8 Å². The van der Waals surface area contributed by atoms with Crippen molar-refractivity contribution in [2.75, 3.05) is 18.8 Å². The number of benzene rings is 2. The van der Waals surface area contributed by atoms with Crippen molar-refractivity contribution in [2.45, 2.75) is 62.8 Å². The van der Waals surface area contributed by atoms with Gasteiger partial charge >= 0.3 is 0 Å². The molecule has 3 N–H and O–H groups in total. The zero-order chi connectivity index (χ0) is 25.6. The molecule has 0 heterocycles. The second kappa shape index (κ2) is 11.5. The van der Waals surface area contributed by atoms with Gasteiger partial charge in [0, 0.05) is 43.6 Å². The molecule has 1 fully saturated rings. The number of nitrogens with one attached hydrogen (secondary N) is 1. The Balaban J connectivity index is 1.77. The van der Waals surface area contributed by atoms with Crippen molar-refractivity contribution in [1.29, 1.82) is 0 Å². The highest BCUT2D eigenvalue weighted by molar-refractivity contribution is 7.89. The number of hydrogen-bond acceptors (Lipinski definition) is 4. The molecule has 1 aliphatic carbocycles. The van der Waals surface area contributed by atoms with Crippen molar-refractivity contribution in [2.24, 2.45) is 11.8 Å². The summed E-state index contributed by atoms with van der Waals surface area (Å²) in [5.41, 5.74) is 7.17. The number of sulfonamides is 1. The minimum atomic E-state index is -3.78. The standard InChI is InChI=1S/C26H35F2N3O3S/c1-19(2)18-31(35(33,34)24-10-8-22(29)9-11-24)15-13-23(16-20-6-4-3-5-7-20)30-25(32)21-12-14-26(27,28)17-21/h3-11,19,21,23H,12-18,29H2,1-2H3,(H,30,32). The highest BCUT2D eigenvalue weighted by Gasteiger charge is 2.42. The summed E-state index contributed by atoms with van der Waals surface area (Å²) >= 11 is 0. The first-order valence-electron chi connectivity index (χ1n) is 12.0. The van der Waals surface area contributed by atoms with Gasteiger partial charge in [-0.25, -0.2) is 17.2 Å². The smallest absolute Gasteiger partial charge is 0.248 e. The van der Waals surface area contributed by atoms with Gasteiger partial charge in [-0.15, -0.1) is 0 Å². The largest absolute Gasteiger partial charge is 0.399 e. The molecule has 2 aromatic carbocycles. The van der Waals surface area contributed by atoms with Crippen LogP contribution in [0.15, 0.2) is 59.5 Å². The Labute approximate surface area is 206 Å². The topological polar surface area (TPSA) is 92.5 Å². The van der Waals surface area contributed by atoms with Gasteiger partial charge in [-0.05, 0) is 55.0 Å². The lowest BCUT2D eigenvalue weighted by molar-refractivity contribution is -0.126. The summed E-state index contributed by atoms with van der Waals surface area (Å²) in [6.45, 7) is 4.38. The summed E-state index contributed by atoms with van der Waals surface area (Å²) < 4.78 is 55.5. The van der Waals surface area contributed by atoms with Gasteiger partial charge in [0.05, 0.1) is 4.90 Å². The molecule has 2 atom stereocenters. The fourth-order valence-electron chi connectivity index (χ4n) is 4.42. The second-order valence-electron chi connectivity index (χ2n) is 9.81. The summed E-state index contributed by atoms with van der Waals surface area (Å²) in [6, 6.07) is 15.2. The van der Waals surface area contributed by atoms with E-state index in [9.17, 15) is 22.0 Å².